The maximum absolute atomic E-state index is 6.14. The maximum Gasteiger partial charge on any atom is 0.134 e. The fourth-order valence-corrected chi connectivity index (χ4v) is 3.74. The Morgan fingerprint density at radius 1 is 1.28 bits per heavy atom. The number of rotatable bonds is 2. The molecule has 2 aliphatic rings. The van der Waals surface area contributed by atoms with Crippen molar-refractivity contribution in [1.82, 2.24) is 4.90 Å². The van der Waals surface area contributed by atoms with Crippen molar-refractivity contribution in [3.8, 4) is 5.75 Å². The van der Waals surface area contributed by atoms with E-state index in [9.17, 15) is 0 Å². The van der Waals surface area contributed by atoms with E-state index in [-0.39, 0.29) is 0 Å². The number of hydrogen-bond donors (Lipinski definition) is 1. The van der Waals surface area contributed by atoms with Crippen LogP contribution in [0.2, 0.25) is 0 Å². The first-order valence-corrected chi connectivity index (χ1v) is 7.36. The lowest BCUT2D eigenvalue weighted by Gasteiger charge is -2.36. The van der Waals surface area contributed by atoms with Gasteiger partial charge in [0.1, 0.15) is 11.9 Å². The van der Waals surface area contributed by atoms with Crippen molar-refractivity contribution >= 4 is 21.6 Å². The highest BCUT2D eigenvalue weighted by atomic mass is 79.9. The number of nitrogens with zero attached hydrogens (tertiary/aromatic N) is 1. The average Bonchev–Trinajstić information content (AvgIpc) is 2.57. The summed E-state index contributed by atoms with van der Waals surface area (Å²) in [6, 6.07) is 7.17. The minimum absolute atomic E-state index is 0.346. The van der Waals surface area contributed by atoms with E-state index in [1.165, 1.54) is 12.8 Å². The smallest absolute Gasteiger partial charge is 0.134 e. The molecule has 4 heteroatoms. The van der Waals surface area contributed by atoms with Gasteiger partial charge in [0.05, 0.1) is 4.47 Å². The fourth-order valence-electron chi connectivity index (χ4n) is 3.25. The topological polar surface area (TPSA) is 38.5 Å². The quantitative estimate of drug-likeness (QED) is 0.853. The summed E-state index contributed by atoms with van der Waals surface area (Å²) in [6.07, 6.45) is 5.28. The van der Waals surface area contributed by atoms with Crippen LogP contribution in [0.3, 0.4) is 0 Å². The lowest BCUT2D eigenvalue weighted by Crippen LogP contribution is -2.43. The van der Waals surface area contributed by atoms with Crippen LogP contribution in [0.1, 0.15) is 25.7 Å². The first-order chi connectivity index (χ1) is 8.63. The van der Waals surface area contributed by atoms with E-state index in [0.717, 1.165) is 28.8 Å². The first kappa shape index (κ1) is 12.3. The van der Waals surface area contributed by atoms with E-state index in [1.807, 2.05) is 18.2 Å². The molecule has 1 unspecified atom stereocenters. The average molecular weight is 311 g/mol. The van der Waals surface area contributed by atoms with Gasteiger partial charge in [0.2, 0.25) is 0 Å². The summed E-state index contributed by atoms with van der Waals surface area (Å²) in [6.45, 7) is 0. The zero-order chi connectivity index (χ0) is 12.7. The Labute approximate surface area is 116 Å². The van der Waals surface area contributed by atoms with E-state index >= 15 is 0 Å². The van der Waals surface area contributed by atoms with Crippen LogP contribution in [0.25, 0.3) is 0 Å². The van der Waals surface area contributed by atoms with E-state index < -0.39 is 0 Å². The van der Waals surface area contributed by atoms with Gasteiger partial charge in [-0.3, -0.25) is 0 Å². The summed E-state index contributed by atoms with van der Waals surface area (Å²) in [5.74, 6) is 0.915. The highest BCUT2D eigenvalue weighted by Crippen LogP contribution is 2.37. The Balaban J connectivity index is 1.70. The number of ether oxygens (including phenoxy) is 1. The minimum Gasteiger partial charge on any atom is -0.489 e. The van der Waals surface area contributed by atoms with E-state index in [4.69, 9.17) is 10.5 Å². The van der Waals surface area contributed by atoms with Crippen molar-refractivity contribution in [3.63, 3.8) is 0 Å². The molecule has 0 aromatic heterocycles. The van der Waals surface area contributed by atoms with Crippen LogP contribution >= 0.6 is 15.9 Å². The van der Waals surface area contributed by atoms with Gasteiger partial charge < -0.3 is 15.4 Å². The molecule has 2 N–H and O–H groups in total. The number of nitrogens with two attached hydrogens (primary N) is 1. The standard InChI is InChI=1S/C14H19BrN2O/c1-17-10-3-4-11(17)8-12(7-10)18-14-5-2-9(16)6-13(14)15/h2,5-6,10-12H,3-4,7-8,16H2,1H3/t10-,11+,12?. The van der Waals surface area contributed by atoms with Gasteiger partial charge in [-0.05, 0) is 66.9 Å². The molecule has 0 aliphatic carbocycles. The maximum atomic E-state index is 6.14. The van der Waals surface area contributed by atoms with Gasteiger partial charge in [0, 0.05) is 17.8 Å². The van der Waals surface area contributed by atoms with Crippen LogP contribution in [0.15, 0.2) is 22.7 Å². The Morgan fingerprint density at radius 2 is 1.94 bits per heavy atom. The molecular formula is C14H19BrN2O. The van der Waals surface area contributed by atoms with Crippen molar-refractivity contribution in [2.75, 3.05) is 12.8 Å². The van der Waals surface area contributed by atoms with Crippen molar-refractivity contribution in [2.24, 2.45) is 0 Å². The van der Waals surface area contributed by atoms with Crippen molar-refractivity contribution < 1.29 is 4.74 Å². The summed E-state index contributed by atoms with van der Waals surface area (Å²) < 4.78 is 7.09. The molecule has 2 heterocycles. The van der Waals surface area contributed by atoms with Gasteiger partial charge in [-0.15, -0.1) is 0 Å². The Morgan fingerprint density at radius 3 is 2.56 bits per heavy atom. The lowest BCUT2D eigenvalue weighted by atomic mass is 10.0. The van der Waals surface area contributed by atoms with Gasteiger partial charge in [-0.1, -0.05) is 0 Å². The van der Waals surface area contributed by atoms with Crippen LogP contribution in [-0.4, -0.2) is 30.1 Å². The molecule has 0 saturated carbocycles. The number of benzene rings is 1. The van der Waals surface area contributed by atoms with Gasteiger partial charge in [0.15, 0.2) is 0 Å². The summed E-state index contributed by atoms with van der Waals surface area (Å²) >= 11 is 3.52. The highest BCUT2D eigenvalue weighted by Gasteiger charge is 2.39. The Bertz CT molecular complexity index is 437. The van der Waals surface area contributed by atoms with Crippen LogP contribution in [-0.2, 0) is 0 Å². The number of piperidine rings is 1. The molecule has 2 bridgehead atoms. The minimum atomic E-state index is 0.346. The zero-order valence-electron chi connectivity index (χ0n) is 10.6. The zero-order valence-corrected chi connectivity index (χ0v) is 12.2. The number of fused-ring (bicyclic) bond motifs is 2. The number of hydrogen-bond acceptors (Lipinski definition) is 3. The molecule has 0 spiro atoms. The molecular weight excluding hydrogens is 292 g/mol. The summed E-state index contributed by atoms with van der Waals surface area (Å²) in [5, 5.41) is 0. The molecule has 1 aromatic rings. The van der Waals surface area contributed by atoms with Crippen molar-refractivity contribution in [2.45, 2.75) is 43.9 Å². The van der Waals surface area contributed by atoms with Crippen molar-refractivity contribution in [3.05, 3.63) is 22.7 Å². The van der Waals surface area contributed by atoms with E-state index in [1.54, 1.807) is 0 Å². The summed E-state index contributed by atoms with van der Waals surface area (Å²) in [5.41, 5.74) is 6.50. The third-order valence-corrected chi connectivity index (χ3v) is 4.92. The second-order valence-electron chi connectivity index (χ2n) is 5.45. The molecule has 0 radical (unpaired) electrons. The molecule has 2 aliphatic heterocycles. The third-order valence-electron chi connectivity index (χ3n) is 4.30. The second-order valence-corrected chi connectivity index (χ2v) is 6.31. The number of anilines is 1. The van der Waals surface area contributed by atoms with Crippen molar-refractivity contribution in [1.29, 1.82) is 0 Å². The summed E-state index contributed by atoms with van der Waals surface area (Å²) in [7, 11) is 2.25. The van der Waals surface area contributed by atoms with E-state index in [0.29, 0.717) is 18.2 Å². The van der Waals surface area contributed by atoms with Gasteiger partial charge >= 0.3 is 0 Å². The largest absolute Gasteiger partial charge is 0.489 e. The summed E-state index contributed by atoms with van der Waals surface area (Å²) in [4.78, 5) is 2.53. The molecule has 18 heavy (non-hydrogen) atoms. The molecule has 2 fully saturated rings. The van der Waals surface area contributed by atoms with Gasteiger partial charge in [-0.25, -0.2) is 0 Å². The molecule has 98 valence electrons. The normalized spacial score (nSPS) is 31.6. The fraction of sp³-hybridized carbons (Fsp3) is 0.571. The Kier molecular flexibility index (Phi) is 3.24. The lowest BCUT2D eigenvalue weighted by molar-refractivity contribution is 0.0657. The molecule has 1 aromatic carbocycles. The second kappa shape index (κ2) is 4.74. The van der Waals surface area contributed by atoms with Crippen LogP contribution in [0.4, 0.5) is 5.69 Å². The molecule has 3 atom stereocenters. The predicted octanol–water partition coefficient (Wildman–Crippen LogP) is 3.04. The SMILES string of the molecule is CN1[C@@H]2CC[C@H]1CC(Oc1ccc(N)cc1Br)C2. The molecule has 0 amide bonds. The van der Waals surface area contributed by atoms with Gasteiger partial charge in [-0.2, -0.15) is 0 Å². The molecule has 2 saturated heterocycles. The Hall–Kier alpha value is -0.740. The molecule has 3 nitrogen and oxygen atoms in total. The van der Waals surface area contributed by atoms with E-state index in [2.05, 4.69) is 27.9 Å². The monoisotopic (exact) mass is 310 g/mol. The number of nitrogen functional groups attached to an aromatic ring is 1. The predicted molar refractivity (Wildman–Crippen MR) is 76.8 cm³/mol. The third kappa shape index (κ3) is 2.24. The van der Waals surface area contributed by atoms with Crippen LogP contribution in [0, 0.1) is 0 Å². The van der Waals surface area contributed by atoms with Crippen LogP contribution < -0.4 is 10.5 Å². The molecule has 3 rings (SSSR count). The first-order valence-electron chi connectivity index (χ1n) is 6.57. The number of halogens is 1. The van der Waals surface area contributed by atoms with Gasteiger partial charge in [0.25, 0.3) is 0 Å². The highest BCUT2D eigenvalue weighted by molar-refractivity contribution is 9.10. The van der Waals surface area contributed by atoms with Crippen LogP contribution in [0.5, 0.6) is 5.75 Å².